The van der Waals surface area contributed by atoms with Crippen LogP contribution in [0.3, 0.4) is 0 Å². The van der Waals surface area contributed by atoms with E-state index in [0.29, 0.717) is 11.1 Å². The van der Waals surface area contributed by atoms with E-state index in [2.05, 4.69) is 33.2 Å². The molecule has 4 rings (SSSR count). The third kappa shape index (κ3) is 7.11. The van der Waals surface area contributed by atoms with Crippen LogP contribution in [-0.2, 0) is 0 Å². The van der Waals surface area contributed by atoms with Crippen LogP contribution in [0.5, 0.6) is 0 Å². The molecular formula is C32H30N4O2. The summed E-state index contributed by atoms with van der Waals surface area (Å²) in [5, 5.41) is 8.16. The average Bonchev–Trinajstić information content (AvgIpc) is 2.88. The maximum Gasteiger partial charge on any atom is 0.271 e. The van der Waals surface area contributed by atoms with Gasteiger partial charge in [0, 0.05) is 11.1 Å². The van der Waals surface area contributed by atoms with Crippen LogP contribution in [0.15, 0.2) is 95.1 Å². The van der Waals surface area contributed by atoms with Gasteiger partial charge in [0.25, 0.3) is 11.8 Å². The first-order valence-corrected chi connectivity index (χ1v) is 12.3. The number of hydrazone groups is 2. The van der Waals surface area contributed by atoms with Gasteiger partial charge in [-0.05, 0) is 74.2 Å². The van der Waals surface area contributed by atoms with Crippen molar-refractivity contribution in [2.24, 2.45) is 10.2 Å². The van der Waals surface area contributed by atoms with Crippen molar-refractivity contribution in [2.75, 3.05) is 0 Å². The minimum Gasteiger partial charge on any atom is -0.267 e. The van der Waals surface area contributed by atoms with Gasteiger partial charge in [0.2, 0.25) is 0 Å². The van der Waals surface area contributed by atoms with Crippen LogP contribution in [-0.4, -0.2) is 24.2 Å². The first-order valence-electron chi connectivity index (χ1n) is 12.3. The summed E-state index contributed by atoms with van der Waals surface area (Å²) >= 11 is 0. The minimum atomic E-state index is -0.287. The minimum absolute atomic E-state index is 0.287. The Kier molecular flexibility index (Phi) is 8.23. The second-order valence-electron chi connectivity index (χ2n) is 9.40. The van der Waals surface area contributed by atoms with Crippen LogP contribution in [0.1, 0.15) is 54.1 Å². The highest BCUT2D eigenvalue weighted by Gasteiger charge is 2.07. The summed E-state index contributed by atoms with van der Waals surface area (Å²) < 4.78 is 0. The number of rotatable bonds is 7. The Hall–Kier alpha value is -4.84. The number of nitrogens with zero attached hydrogens (tertiary/aromatic N) is 2. The molecule has 0 aliphatic rings. The zero-order chi connectivity index (χ0) is 27.1. The molecule has 0 fully saturated rings. The topological polar surface area (TPSA) is 82.9 Å². The summed E-state index contributed by atoms with van der Waals surface area (Å²) in [6.07, 6.45) is 3.28. The van der Waals surface area contributed by atoms with E-state index in [4.69, 9.17) is 0 Å². The summed E-state index contributed by atoms with van der Waals surface area (Å²) in [5.74, 6) is -0.573. The predicted molar refractivity (Wildman–Crippen MR) is 154 cm³/mol. The van der Waals surface area contributed by atoms with Gasteiger partial charge in [0.05, 0.1) is 12.4 Å². The number of hydrogen-bond donors (Lipinski definition) is 2. The van der Waals surface area contributed by atoms with Gasteiger partial charge in [-0.25, -0.2) is 10.9 Å². The van der Waals surface area contributed by atoms with Gasteiger partial charge < -0.3 is 0 Å². The van der Waals surface area contributed by atoms with Gasteiger partial charge >= 0.3 is 0 Å². The first kappa shape index (κ1) is 26.2. The van der Waals surface area contributed by atoms with Crippen molar-refractivity contribution >= 4 is 24.2 Å². The van der Waals surface area contributed by atoms with Crippen molar-refractivity contribution in [1.29, 1.82) is 0 Å². The molecule has 0 spiro atoms. The number of nitrogens with one attached hydrogen (secondary N) is 2. The molecule has 190 valence electrons. The van der Waals surface area contributed by atoms with Gasteiger partial charge in [0.15, 0.2) is 0 Å². The molecule has 6 heteroatoms. The van der Waals surface area contributed by atoms with Crippen molar-refractivity contribution < 1.29 is 9.59 Å². The van der Waals surface area contributed by atoms with E-state index < -0.39 is 0 Å². The molecular weight excluding hydrogens is 472 g/mol. The fraction of sp³-hybridized carbons (Fsp3) is 0.125. The standard InChI is InChI=1S/C32H30N4O2/c1-21-13-22(2)16-25(15-21)19-33-35-31(37)29-9-5-27(6-10-29)28-7-11-30(12-8-28)32(38)36-34-20-26-17-23(3)14-24(4)18-26/h5-20H,1-4H3,(H,35,37)(H,36,38)/b33-19+,34-20+. The molecule has 0 unspecified atom stereocenters. The molecule has 0 saturated carbocycles. The highest BCUT2D eigenvalue weighted by Crippen LogP contribution is 2.20. The maximum atomic E-state index is 12.5. The lowest BCUT2D eigenvalue weighted by atomic mass is 10.0. The van der Waals surface area contributed by atoms with E-state index >= 15 is 0 Å². The van der Waals surface area contributed by atoms with Crippen molar-refractivity contribution in [1.82, 2.24) is 10.9 Å². The van der Waals surface area contributed by atoms with E-state index in [0.717, 1.165) is 44.5 Å². The van der Waals surface area contributed by atoms with E-state index in [1.165, 1.54) is 0 Å². The molecule has 0 aromatic heterocycles. The number of benzene rings is 4. The zero-order valence-electron chi connectivity index (χ0n) is 21.9. The molecule has 4 aromatic carbocycles. The lowest BCUT2D eigenvalue weighted by Crippen LogP contribution is -2.17. The van der Waals surface area contributed by atoms with Crippen LogP contribution in [0, 0.1) is 27.7 Å². The van der Waals surface area contributed by atoms with E-state index in [1.54, 1.807) is 36.7 Å². The number of carbonyl (C=O) groups is 2. The van der Waals surface area contributed by atoms with Gasteiger partial charge in [-0.1, -0.05) is 82.9 Å². The zero-order valence-corrected chi connectivity index (χ0v) is 21.9. The Morgan fingerprint density at radius 1 is 0.526 bits per heavy atom. The Morgan fingerprint density at radius 2 is 0.842 bits per heavy atom. The quantitative estimate of drug-likeness (QED) is 0.236. The Morgan fingerprint density at radius 3 is 1.16 bits per heavy atom. The second kappa shape index (κ2) is 11.9. The lowest BCUT2D eigenvalue weighted by Gasteiger charge is -2.06. The first-order chi connectivity index (χ1) is 18.3. The summed E-state index contributed by atoms with van der Waals surface area (Å²) in [6.45, 7) is 8.09. The summed E-state index contributed by atoms with van der Waals surface area (Å²) in [7, 11) is 0. The molecule has 38 heavy (non-hydrogen) atoms. The molecule has 0 aliphatic heterocycles. The van der Waals surface area contributed by atoms with Gasteiger partial charge in [-0.15, -0.1) is 0 Å². The fourth-order valence-electron chi connectivity index (χ4n) is 4.26. The Labute approximate surface area is 223 Å². The third-order valence-electron chi connectivity index (χ3n) is 5.87. The van der Waals surface area contributed by atoms with Crippen molar-refractivity contribution in [3.63, 3.8) is 0 Å². The van der Waals surface area contributed by atoms with Gasteiger partial charge in [-0.3, -0.25) is 9.59 Å². The average molecular weight is 503 g/mol. The molecule has 2 N–H and O–H groups in total. The van der Waals surface area contributed by atoms with E-state index in [9.17, 15) is 9.59 Å². The number of carbonyl (C=O) groups excluding carboxylic acids is 2. The highest BCUT2D eigenvalue weighted by molar-refractivity contribution is 5.96. The fourth-order valence-corrected chi connectivity index (χ4v) is 4.26. The molecule has 2 amide bonds. The normalized spacial score (nSPS) is 11.2. The molecule has 6 nitrogen and oxygen atoms in total. The molecule has 0 atom stereocenters. The summed E-state index contributed by atoms with van der Waals surface area (Å²) in [5.41, 5.74) is 14.5. The third-order valence-corrected chi connectivity index (χ3v) is 5.87. The largest absolute Gasteiger partial charge is 0.271 e. The Bertz CT molecular complexity index is 1360. The predicted octanol–water partition coefficient (Wildman–Crippen LogP) is 6.12. The van der Waals surface area contributed by atoms with Gasteiger partial charge in [-0.2, -0.15) is 10.2 Å². The molecule has 4 aromatic rings. The van der Waals surface area contributed by atoms with Crippen LogP contribution >= 0.6 is 0 Å². The number of hydrogen-bond acceptors (Lipinski definition) is 4. The summed E-state index contributed by atoms with van der Waals surface area (Å²) in [4.78, 5) is 24.9. The van der Waals surface area contributed by atoms with E-state index in [-0.39, 0.29) is 11.8 Å². The SMILES string of the molecule is Cc1cc(C)cc(/C=N/NC(=O)c2ccc(-c3ccc(C(=O)N/N=C/c4cc(C)cc(C)c4)cc3)cc2)c1. The van der Waals surface area contributed by atoms with Crippen LogP contribution in [0.4, 0.5) is 0 Å². The Balaban J connectivity index is 1.34. The van der Waals surface area contributed by atoms with Gasteiger partial charge in [0.1, 0.15) is 0 Å². The maximum absolute atomic E-state index is 12.5. The second-order valence-corrected chi connectivity index (χ2v) is 9.40. The molecule has 0 heterocycles. The number of amides is 2. The van der Waals surface area contributed by atoms with Crippen molar-refractivity contribution in [3.8, 4) is 11.1 Å². The number of aryl methyl sites for hydroxylation is 4. The van der Waals surface area contributed by atoms with E-state index in [1.807, 2.05) is 76.2 Å². The molecule has 0 bridgehead atoms. The van der Waals surface area contributed by atoms with Crippen molar-refractivity contribution in [2.45, 2.75) is 27.7 Å². The monoisotopic (exact) mass is 502 g/mol. The lowest BCUT2D eigenvalue weighted by molar-refractivity contribution is 0.0947. The van der Waals surface area contributed by atoms with Crippen LogP contribution < -0.4 is 10.9 Å². The molecule has 0 aliphatic carbocycles. The molecule has 0 saturated heterocycles. The van der Waals surface area contributed by atoms with Crippen LogP contribution in [0.25, 0.3) is 11.1 Å². The smallest absolute Gasteiger partial charge is 0.267 e. The van der Waals surface area contributed by atoms with Crippen molar-refractivity contribution in [3.05, 3.63) is 129 Å². The molecule has 0 radical (unpaired) electrons. The highest BCUT2D eigenvalue weighted by atomic mass is 16.2. The van der Waals surface area contributed by atoms with Crippen LogP contribution in [0.2, 0.25) is 0 Å². The summed E-state index contributed by atoms with van der Waals surface area (Å²) in [6, 6.07) is 26.7.